The summed E-state index contributed by atoms with van der Waals surface area (Å²) in [6, 6.07) is 4.88. The fraction of sp³-hybridized carbons (Fsp3) is 0.714. The van der Waals surface area contributed by atoms with Crippen LogP contribution in [0.2, 0.25) is 4.34 Å². The van der Waals surface area contributed by atoms with Crippen molar-refractivity contribution < 1.29 is 4.74 Å². The minimum atomic E-state index is 0.716. The molecule has 1 atom stereocenters. The lowest BCUT2D eigenvalue weighted by molar-refractivity contribution is -0.00346. The second-order valence-electron chi connectivity index (χ2n) is 5.39. The van der Waals surface area contributed by atoms with Crippen LogP contribution in [0.15, 0.2) is 12.1 Å². The van der Waals surface area contributed by atoms with Gasteiger partial charge in [0.25, 0.3) is 0 Å². The van der Waals surface area contributed by atoms with Gasteiger partial charge in [0.2, 0.25) is 0 Å². The first-order valence-electron chi connectivity index (χ1n) is 7.09. The number of likely N-dealkylation sites (tertiary alicyclic amines) is 1. The first-order chi connectivity index (χ1) is 9.31. The summed E-state index contributed by atoms with van der Waals surface area (Å²) in [7, 11) is 0. The number of rotatable bonds is 3. The van der Waals surface area contributed by atoms with Crippen molar-refractivity contribution >= 4 is 22.9 Å². The summed E-state index contributed by atoms with van der Waals surface area (Å²) in [4.78, 5) is 6.57. The summed E-state index contributed by atoms with van der Waals surface area (Å²) in [5.74, 6) is 0. The van der Waals surface area contributed by atoms with Gasteiger partial charge in [-0.2, -0.15) is 0 Å². The van der Waals surface area contributed by atoms with E-state index in [9.17, 15) is 0 Å². The van der Waals surface area contributed by atoms with E-state index in [0.717, 1.165) is 37.2 Å². The smallest absolute Gasteiger partial charge is 0.0931 e. The number of hydrogen-bond donors (Lipinski definition) is 0. The highest BCUT2D eigenvalue weighted by Gasteiger charge is 2.26. The van der Waals surface area contributed by atoms with Gasteiger partial charge in [-0.25, -0.2) is 0 Å². The topological polar surface area (TPSA) is 15.7 Å². The van der Waals surface area contributed by atoms with E-state index >= 15 is 0 Å². The quantitative estimate of drug-likeness (QED) is 0.853. The van der Waals surface area contributed by atoms with Crippen molar-refractivity contribution in [3.05, 3.63) is 21.3 Å². The maximum Gasteiger partial charge on any atom is 0.0931 e. The van der Waals surface area contributed by atoms with Crippen LogP contribution in [0, 0.1) is 0 Å². The van der Waals surface area contributed by atoms with Gasteiger partial charge >= 0.3 is 0 Å². The lowest BCUT2D eigenvalue weighted by Crippen LogP contribution is -2.51. The minimum Gasteiger partial charge on any atom is -0.379 e. The molecule has 0 unspecified atom stereocenters. The van der Waals surface area contributed by atoms with Crippen LogP contribution in [0.1, 0.15) is 17.7 Å². The Bertz CT molecular complexity index is 406. The molecule has 1 aromatic rings. The molecule has 2 fully saturated rings. The molecule has 0 spiro atoms. The molecule has 3 rings (SSSR count). The zero-order valence-corrected chi connectivity index (χ0v) is 12.8. The number of halogens is 1. The first-order valence-corrected chi connectivity index (χ1v) is 8.29. The molecular weight excluding hydrogens is 280 g/mol. The number of piperidine rings is 1. The molecule has 2 saturated heterocycles. The molecule has 2 aliphatic rings. The lowest BCUT2D eigenvalue weighted by Gasteiger charge is -2.40. The highest BCUT2D eigenvalue weighted by atomic mass is 35.5. The summed E-state index contributed by atoms with van der Waals surface area (Å²) < 4.78 is 6.35. The summed E-state index contributed by atoms with van der Waals surface area (Å²) >= 11 is 7.71. The van der Waals surface area contributed by atoms with Crippen molar-refractivity contribution in [1.82, 2.24) is 9.80 Å². The van der Waals surface area contributed by atoms with E-state index in [0.29, 0.717) is 6.04 Å². The maximum absolute atomic E-state index is 6.01. The van der Waals surface area contributed by atoms with E-state index in [1.165, 1.54) is 30.8 Å². The summed E-state index contributed by atoms with van der Waals surface area (Å²) in [6.07, 6.45) is 2.64. The largest absolute Gasteiger partial charge is 0.379 e. The van der Waals surface area contributed by atoms with E-state index in [2.05, 4.69) is 15.9 Å². The minimum absolute atomic E-state index is 0.716. The Morgan fingerprint density at radius 2 is 2.11 bits per heavy atom. The highest BCUT2D eigenvalue weighted by molar-refractivity contribution is 7.16. The number of hydrogen-bond acceptors (Lipinski definition) is 4. The second kappa shape index (κ2) is 6.55. The van der Waals surface area contributed by atoms with Crippen molar-refractivity contribution in [3.63, 3.8) is 0 Å². The van der Waals surface area contributed by atoms with Crippen molar-refractivity contribution in [2.75, 3.05) is 39.4 Å². The maximum atomic E-state index is 6.01. The molecule has 1 aromatic heterocycles. The summed E-state index contributed by atoms with van der Waals surface area (Å²) in [6.45, 7) is 7.46. The zero-order valence-electron chi connectivity index (χ0n) is 11.2. The van der Waals surface area contributed by atoms with E-state index in [-0.39, 0.29) is 0 Å². The molecule has 0 amide bonds. The number of nitrogens with zero attached hydrogens (tertiary/aromatic N) is 2. The van der Waals surface area contributed by atoms with Gasteiger partial charge < -0.3 is 4.74 Å². The van der Waals surface area contributed by atoms with E-state index in [1.807, 2.05) is 6.07 Å². The van der Waals surface area contributed by atoms with Crippen LogP contribution in [0.3, 0.4) is 0 Å². The molecule has 2 aliphatic heterocycles. The average Bonchev–Trinajstić information content (AvgIpc) is 2.85. The van der Waals surface area contributed by atoms with Gasteiger partial charge in [0.15, 0.2) is 0 Å². The van der Waals surface area contributed by atoms with Crippen molar-refractivity contribution in [1.29, 1.82) is 0 Å². The van der Waals surface area contributed by atoms with Crippen LogP contribution in [0.5, 0.6) is 0 Å². The predicted octanol–water partition coefficient (Wildman–Crippen LogP) is 2.70. The predicted molar refractivity (Wildman–Crippen MR) is 80.0 cm³/mol. The van der Waals surface area contributed by atoms with Gasteiger partial charge in [-0.05, 0) is 31.5 Å². The molecular formula is C14H21ClN2OS. The van der Waals surface area contributed by atoms with Crippen LogP contribution in [-0.2, 0) is 11.3 Å². The standard InChI is InChI=1S/C14H21ClN2OS/c15-14-4-3-13(19-14)11-16-5-1-2-12(10-16)17-6-8-18-9-7-17/h3-4,12H,1-2,5-11H2/t12-/m1/s1. The fourth-order valence-corrected chi connectivity index (χ4v) is 4.20. The Labute approximate surface area is 124 Å². The molecule has 3 heterocycles. The van der Waals surface area contributed by atoms with Crippen LogP contribution in [0.25, 0.3) is 0 Å². The Morgan fingerprint density at radius 3 is 2.84 bits per heavy atom. The molecule has 5 heteroatoms. The molecule has 0 radical (unpaired) electrons. The van der Waals surface area contributed by atoms with E-state index in [4.69, 9.17) is 16.3 Å². The Hall–Kier alpha value is -0.130. The zero-order chi connectivity index (χ0) is 13.1. The van der Waals surface area contributed by atoms with Crippen molar-refractivity contribution in [2.45, 2.75) is 25.4 Å². The van der Waals surface area contributed by atoms with Crippen molar-refractivity contribution in [2.24, 2.45) is 0 Å². The number of thiophene rings is 1. The van der Waals surface area contributed by atoms with Crippen LogP contribution >= 0.6 is 22.9 Å². The highest BCUT2D eigenvalue weighted by Crippen LogP contribution is 2.25. The second-order valence-corrected chi connectivity index (χ2v) is 7.18. The van der Waals surface area contributed by atoms with Gasteiger partial charge in [-0.3, -0.25) is 9.80 Å². The van der Waals surface area contributed by atoms with Gasteiger partial charge in [-0.1, -0.05) is 11.6 Å². The molecule has 3 nitrogen and oxygen atoms in total. The molecule has 106 valence electrons. The van der Waals surface area contributed by atoms with Gasteiger partial charge in [0.1, 0.15) is 0 Å². The Balaban J connectivity index is 1.55. The SMILES string of the molecule is Clc1ccc(CN2CCC[C@@H](N3CCOCC3)C2)s1. The van der Waals surface area contributed by atoms with Gasteiger partial charge in [0, 0.05) is 37.1 Å². The Kier molecular flexibility index (Phi) is 4.77. The van der Waals surface area contributed by atoms with E-state index < -0.39 is 0 Å². The third kappa shape index (κ3) is 3.70. The fourth-order valence-electron chi connectivity index (χ4n) is 3.07. The monoisotopic (exact) mass is 300 g/mol. The van der Waals surface area contributed by atoms with E-state index in [1.54, 1.807) is 11.3 Å². The molecule has 19 heavy (non-hydrogen) atoms. The summed E-state index contributed by atoms with van der Waals surface area (Å²) in [5.41, 5.74) is 0. The van der Waals surface area contributed by atoms with Crippen molar-refractivity contribution in [3.8, 4) is 0 Å². The lowest BCUT2D eigenvalue weighted by atomic mass is 10.0. The molecule has 0 N–H and O–H groups in total. The Morgan fingerprint density at radius 1 is 1.26 bits per heavy atom. The first kappa shape index (κ1) is 13.8. The molecule has 0 aromatic carbocycles. The average molecular weight is 301 g/mol. The number of ether oxygens (including phenoxy) is 1. The molecule has 0 saturated carbocycles. The van der Waals surface area contributed by atoms with Crippen LogP contribution in [0.4, 0.5) is 0 Å². The third-order valence-electron chi connectivity index (χ3n) is 4.05. The number of morpholine rings is 1. The third-order valence-corrected chi connectivity index (χ3v) is 5.27. The molecule has 0 bridgehead atoms. The normalized spacial score (nSPS) is 26.7. The van der Waals surface area contributed by atoms with Crippen LogP contribution in [-0.4, -0.2) is 55.2 Å². The van der Waals surface area contributed by atoms with Gasteiger partial charge in [0.05, 0.1) is 17.6 Å². The molecule has 0 aliphatic carbocycles. The van der Waals surface area contributed by atoms with Crippen LogP contribution < -0.4 is 0 Å². The van der Waals surface area contributed by atoms with Gasteiger partial charge in [-0.15, -0.1) is 11.3 Å². The summed E-state index contributed by atoms with van der Waals surface area (Å²) in [5, 5.41) is 0.